The molecule has 7 nitrogen and oxygen atoms in total. The Kier molecular flexibility index (Phi) is 2.96. The van der Waals surface area contributed by atoms with E-state index in [0.29, 0.717) is 11.5 Å². The van der Waals surface area contributed by atoms with Gasteiger partial charge in [0, 0.05) is 12.4 Å². The molecule has 0 aliphatic carbocycles. The molecule has 2 aromatic heterocycles. The van der Waals surface area contributed by atoms with Gasteiger partial charge in [-0.1, -0.05) is 0 Å². The molecule has 2 heterocycles. The Labute approximate surface area is 101 Å². The number of carbonyl (C=O) groups excluding carboxylic acids is 1. The maximum absolute atomic E-state index is 10.9. The standard InChI is InChI=1S/C9H9N5O2S/c1-5(8(15)16)14-7(12-13-9(14)17)6-4-10-2-3-11-6/h2-5H,1H3,(H,13,17)(H,15,16)/p-1/t5-/m1/s1. The van der Waals surface area contributed by atoms with Crippen molar-refractivity contribution >= 4 is 18.2 Å². The number of carbonyl (C=O) groups is 1. The largest absolute Gasteiger partial charge is 0.548 e. The highest BCUT2D eigenvalue weighted by atomic mass is 32.1. The summed E-state index contributed by atoms with van der Waals surface area (Å²) in [6, 6.07) is -0.932. The molecule has 0 aliphatic heterocycles. The highest BCUT2D eigenvalue weighted by Gasteiger charge is 2.15. The van der Waals surface area contributed by atoms with Crippen molar-refractivity contribution in [3.05, 3.63) is 23.4 Å². The van der Waals surface area contributed by atoms with Gasteiger partial charge in [-0.25, -0.2) is 4.98 Å². The fourth-order valence-electron chi connectivity index (χ4n) is 1.36. The van der Waals surface area contributed by atoms with Crippen molar-refractivity contribution in [1.29, 1.82) is 0 Å². The second-order valence-electron chi connectivity index (χ2n) is 3.31. The number of hydrogen-bond donors (Lipinski definition) is 1. The Morgan fingerprint density at radius 2 is 2.35 bits per heavy atom. The van der Waals surface area contributed by atoms with Gasteiger partial charge in [0.05, 0.1) is 18.2 Å². The van der Waals surface area contributed by atoms with Crippen molar-refractivity contribution in [3.8, 4) is 11.5 Å². The minimum absolute atomic E-state index is 0.197. The van der Waals surface area contributed by atoms with Gasteiger partial charge in [-0.2, -0.15) is 5.10 Å². The minimum Gasteiger partial charge on any atom is -0.548 e. The number of carboxylic acids is 1. The molecule has 17 heavy (non-hydrogen) atoms. The monoisotopic (exact) mass is 250 g/mol. The summed E-state index contributed by atoms with van der Waals surface area (Å²) in [7, 11) is 0. The lowest BCUT2D eigenvalue weighted by Crippen LogP contribution is -2.32. The summed E-state index contributed by atoms with van der Waals surface area (Å²) >= 11 is 4.97. The molecular formula is C9H8N5O2S-. The molecule has 0 saturated heterocycles. The van der Waals surface area contributed by atoms with Crippen LogP contribution in [0.3, 0.4) is 0 Å². The van der Waals surface area contributed by atoms with Gasteiger partial charge in [-0.3, -0.25) is 14.6 Å². The van der Waals surface area contributed by atoms with Gasteiger partial charge in [0.1, 0.15) is 5.69 Å². The van der Waals surface area contributed by atoms with Gasteiger partial charge < -0.3 is 9.90 Å². The number of rotatable bonds is 3. The first-order valence-corrected chi connectivity index (χ1v) is 5.16. The van der Waals surface area contributed by atoms with E-state index < -0.39 is 12.0 Å². The number of nitrogens with one attached hydrogen (secondary N) is 1. The van der Waals surface area contributed by atoms with E-state index in [9.17, 15) is 9.90 Å². The average molecular weight is 250 g/mol. The Morgan fingerprint density at radius 3 is 2.94 bits per heavy atom. The topological polar surface area (TPSA) is 99.5 Å². The molecule has 0 amide bonds. The van der Waals surface area contributed by atoms with Crippen LogP contribution in [0, 0.1) is 4.77 Å². The molecule has 0 radical (unpaired) electrons. The van der Waals surface area contributed by atoms with Crippen LogP contribution >= 0.6 is 12.2 Å². The van der Waals surface area contributed by atoms with Crippen LogP contribution in [-0.2, 0) is 4.79 Å². The smallest absolute Gasteiger partial charge is 0.196 e. The van der Waals surface area contributed by atoms with Crippen molar-refractivity contribution in [1.82, 2.24) is 24.7 Å². The molecule has 1 atom stereocenters. The second-order valence-corrected chi connectivity index (χ2v) is 3.69. The van der Waals surface area contributed by atoms with Gasteiger partial charge in [0.2, 0.25) is 0 Å². The van der Waals surface area contributed by atoms with Crippen LogP contribution < -0.4 is 5.11 Å². The summed E-state index contributed by atoms with van der Waals surface area (Å²) < 4.78 is 1.52. The molecule has 88 valence electrons. The number of aliphatic carboxylic acids is 1. The first kappa shape index (κ1) is 11.4. The maximum atomic E-state index is 10.9. The van der Waals surface area contributed by atoms with Crippen LogP contribution in [0.1, 0.15) is 13.0 Å². The lowest BCUT2D eigenvalue weighted by atomic mass is 10.3. The Hall–Kier alpha value is -2.09. The van der Waals surface area contributed by atoms with E-state index in [1.54, 1.807) is 0 Å². The molecule has 8 heteroatoms. The third-order valence-corrected chi connectivity index (χ3v) is 2.51. The summed E-state index contributed by atoms with van der Waals surface area (Å²) in [4.78, 5) is 18.8. The summed E-state index contributed by atoms with van der Waals surface area (Å²) in [6.45, 7) is 1.46. The summed E-state index contributed by atoms with van der Waals surface area (Å²) in [5.74, 6) is -0.924. The molecule has 2 aromatic rings. The predicted octanol–water partition coefficient (Wildman–Crippen LogP) is -0.291. The summed E-state index contributed by atoms with van der Waals surface area (Å²) in [6.07, 6.45) is 4.47. The molecule has 0 spiro atoms. The molecule has 0 unspecified atom stereocenters. The molecular weight excluding hydrogens is 242 g/mol. The van der Waals surface area contributed by atoms with E-state index in [4.69, 9.17) is 12.2 Å². The Bertz CT molecular complexity index is 591. The number of H-pyrrole nitrogens is 1. The van der Waals surface area contributed by atoms with Crippen molar-refractivity contribution < 1.29 is 9.90 Å². The molecule has 2 rings (SSSR count). The molecule has 0 fully saturated rings. The van der Waals surface area contributed by atoms with Gasteiger partial charge in [0.15, 0.2) is 10.6 Å². The van der Waals surface area contributed by atoms with Crippen molar-refractivity contribution in [2.45, 2.75) is 13.0 Å². The SMILES string of the molecule is C[C@H](C(=O)[O-])n1c(-c2cnccn2)n[nH]c1=S. The van der Waals surface area contributed by atoms with Crippen molar-refractivity contribution in [2.24, 2.45) is 0 Å². The van der Waals surface area contributed by atoms with Crippen LogP contribution in [0.5, 0.6) is 0 Å². The van der Waals surface area contributed by atoms with Crippen molar-refractivity contribution in [2.75, 3.05) is 0 Å². The van der Waals surface area contributed by atoms with Gasteiger partial charge >= 0.3 is 0 Å². The first-order valence-electron chi connectivity index (χ1n) is 4.75. The third kappa shape index (κ3) is 2.07. The number of aromatic nitrogens is 5. The molecule has 0 bridgehead atoms. The van der Waals surface area contributed by atoms with E-state index >= 15 is 0 Å². The van der Waals surface area contributed by atoms with Crippen LogP contribution in [-0.4, -0.2) is 30.7 Å². The van der Waals surface area contributed by atoms with E-state index in [1.165, 1.54) is 30.1 Å². The lowest BCUT2D eigenvalue weighted by molar-refractivity contribution is -0.309. The highest BCUT2D eigenvalue weighted by Crippen LogP contribution is 2.17. The second kappa shape index (κ2) is 4.42. The molecule has 0 aromatic carbocycles. The van der Waals surface area contributed by atoms with E-state index in [0.717, 1.165) is 0 Å². The zero-order chi connectivity index (χ0) is 12.4. The number of carboxylic acid groups (broad SMARTS) is 1. The molecule has 1 N–H and O–H groups in total. The van der Waals surface area contributed by atoms with Gasteiger partial charge in [-0.15, -0.1) is 0 Å². The number of aromatic amines is 1. The zero-order valence-electron chi connectivity index (χ0n) is 8.82. The first-order chi connectivity index (χ1) is 8.11. The minimum atomic E-state index is -1.24. The third-order valence-electron chi connectivity index (χ3n) is 2.23. The quantitative estimate of drug-likeness (QED) is 0.751. The zero-order valence-corrected chi connectivity index (χ0v) is 9.64. The molecule has 0 aliphatic rings. The normalized spacial score (nSPS) is 12.3. The maximum Gasteiger partial charge on any atom is 0.196 e. The summed E-state index contributed by atoms with van der Waals surface area (Å²) in [5.41, 5.74) is 0.438. The predicted molar refractivity (Wildman–Crippen MR) is 58.2 cm³/mol. The number of hydrogen-bond acceptors (Lipinski definition) is 6. The Morgan fingerprint density at radius 1 is 1.59 bits per heavy atom. The number of nitrogens with zero attached hydrogens (tertiary/aromatic N) is 4. The van der Waals surface area contributed by atoms with Crippen molar-refractivity contribution in [3.63, 3.8) is 0 Å². The van der Waals surface area contributed by atoms with Crippen LogP contribution in [0.4, 0.5) is 0 Å². The van der Waals surface area contributed by atoms with Crippen LogP contribution in [0.15, 0.2) is 18.6 Å². The lowest BCUT2D eigenvalue weighted by Gasteiger charge is -2.15. The van der Waals surface area contributed by atoms with Crippen LogP contribution in [0.25, 0.3) is 11.5 Å². The van der Waals surface area contributed by atoms with E-state index in [2.05, 4.69) is 20.2 Å². The highest BCUT2D eigenvalue weighted by molar-refractivity contribution is 7.71. The molecule has 0 saturated carbocycles. The summed E-state index contributed by atoms with van der Waals surface area (Å²) in [5, 5.41) is 17.3. The fraction of sp³-hybridized carbons (Fsp3) is 0.222. The van der Waals surface area contributed by atoms with Gasteiger partial charge in [0.25, 0.3) is 0 Å². The van der Waals surface area contributed by atoms with E-state index in [1.807, 2.05) is 0 Å². The Balaban J connectivity index is 2.58. The van der Waals surface area contributed by atoms with E-state index in [-0.39, 0.29) is 4.77 Å². The average Bonchev–Trinajstić information content (AvgIpc) is 2.71. The van der Waals surface area contributed by atoms with Crippen LogP contribution in [0.2, 0.25) is 0 Å². The van der Waals surface area contributed by atoms with Gasteiger partial charge in [-0.05, 0) is 19.1 Å². The fourth-order valence-corrected chi connectivity index (χ4v) is 1.65.